The maximum absolute atomic E-state index is 12.6. The summed E-state index contributed by atoms with van der Waals surface area (Å²) in [5, 5.41) is 18.3. The second-order valence-corrected chi connectivity index (χ2v) is 8.42. The summed E-state index contributed by atoms with van der Waals surface area (Å²) >= 11 is 0. The van der Waals surface area contributed by atoms with Crippen LogP contribution in [0.1, 0.15) is 5.56 Å². The molecule has 9 nitrogen and oxygen atoms in total. The van der Waals surface area contributed by atoms with Crippen LogP contribution in [0, 0.1) is 0 Å². The van der Waals surface area contributed by atoms with Crippen molar-refractivity contribution in [2.24, 2.45) is 0 Å². The molecule has 4 aromatic rings. The van der Waals surface area contributed by atoms with Gasteiger partial charge >= 0.3 is 11.9 Å². The first kappa shape index (κ1) is 24.7. The summed E-state index contributed by atoms with van der Waals surface area (Å²) < 4.78 is 5.78. The van der Waals surface area contributed by atoms with Crippen molar-refractivity contribution in [3.05, 3.63) is 78.5 Å². The number of H-pyrrole nitrogens is 1. The molecule has 3 aromatic carbocycles. The number of carboxylic acid groups (broad SMARTS) is 2. The summed E-state index contributed by atoms with van der Waals surface area (Å²) in [5.74, 6) is -2.86. The molecule has 0 bridgehead atoms. The number of carbonyl (C=O) groups excluding carboxylic acids is 1. The number of benzene rings is 3. The highest BCUT2D eigenvalue weighted by molar-refractivity contribution is 6.27. The van der Waals surface area contributed by atoms with Crippen LogP contribution in [-0.4, -0.2) is 75.6 Å². The summed E-state index contributed by atoms with van der Waals surface area (Å²) in [5.41, 5.74) is 2.48. The van der Waals surface area contributed by atoms with Crippen molar-refractivity contribution >= 4 is 39.5 Å². The summed E-state index contributed by atoms with van der Waals surface area (Å²) in [6, 6.07) is 22.5. The molecular weight excluding hydrogens is 462 g/mol. The Morgan fingerprint density at radius 1 is 0.833 bits per heavy atom. The van der Waals surface area contributed by atoms with Gasteiger partial charge in [0.2, 0.25) is 0 Å². The lowest BCUT2D eigenvalue weighted by molar-refractivity contribution is -0.159. The monoisotopic (exact) mass is 489 g/mol. The number of fused-ring (bicyclic) bond motifs is 2. The number of rotatable bonds is 5. The minimum atomic E-state index is -1.82. The quantitative estimate of drug-likeness (QED) is 0.368. The van der Waals surface area contributed by atoms with Crippen molar-refractivity contribution in [1.29, 1.82) is 0 Å². The van der Waals surface area contributed by atoms with Gasteiger partial charge < -0.3 is 24.8 Å². The molecule has 0 radical (unpaired) electrons. The van der Waals surface area contributed by atoms with Gasteiger partial charge in [0, 0.05) is 49.8 Å². The minimum Gasteiger partial charge on any atom is -0.484 e. The lowest BCUT2D eigenvalue weighted by Gasteiger charge is -2.34. The van der Waals surface area contributed by atoms with Crippen LogP contribution in [-0.2, 0) is 20.9 Å². The van der Waals surface area contributed by atoms with E-state index in [0.29, 0.717) is 0 Å². The number of nitrogens with zero attached hydrogens (tertiary/aromatic N) is 2. The molecule has 186 valence electrons. The van der Waals surface area contributed by atoms with Gasteiger partial charge in [-0.15, -0.1) is 0 Å². The Morgan fingerprint density at radius 2 is 1.50 bits per heavy atom. The normalized spacial score (nSPS) is 13.7. The van der Waals surface area contributed by atoms with E-state index in [4.69, 9.17) is 24.5 Å². The molecule has 0 unspecified atom stereocenters. The van der Waals surface area contributed by atoms with Gasteiger partial charge in [-0.2, -0.15) is 0 Å². The van der Waals surface area contributed by atoms with Gasteiger partial charge in [-0.1, -0.05) is 48.5 Å². The average molecular weight is 490 g/mol. The predicted octanol–water partition coefficient (Wildman–Crippen LogP) is 3.20. The number of aromatic nitrogens is 1. The third kappa shape index (κ3) is 6.19. The van der Waals surface area contributed by atoms with Crippen molar-refractivity contribution in [2.75, 3.05) is 32.8 Å². The standard InChI is InChI=1S/C25H25N3O2.C2H2O4/c29-25(18-30-22-10-9-19-5-1-2-6-20(19)15-22)28-13-11-27(12-14-28)17-21-16-26-24-8-4-3-7-23(21)24;3-1(4)2(5)6/h1-10,15-16,26H,11-14,17-18H2;(H,3,4)(H,5,6). The van der Waals surface area contributed by atoms with E-state index in [9.17, 15) is 4.79 Å². The van der Waals surface area contributed by atoms with Crippen LogP contribution < -0.4 is 4.74 Å². The first-order chi connectivity index (χ1) is 17.4. The van der Waals surface area contributed by atoms with Crippen LogP contribution in [0.4, 0.5) is 0 Å². The van der Waals surface area contributed by atoms with Crippen LogP contribution in [0.3, 0.4) is 0 Å². The number of hydrogen-bond acceptors (Lipinski definition) is 5. The van der Waals surface area contributed by atoms with E-state index in [2.05, 4.69) is 46.4 Å². The topological polar surface area (TPSA) is 123 Å². The van der Waals surface area contributed by atoms with Crippen molar-refractivity contribution in [1.82, 2.24) is 14.8 Å². The van der Waals surface area contributed by atoms with E-state index in [1.165, 1.54) is 21.9 Å². The fraction of sp³-hybridized carbons (Fsp3) is 0.222. The van der Waals surface area contributed by atoms with Gasteiger partial charge in [0.05, 0.1) is 0 Å². The van der Waals surface area contributed by atoms with Gasteiger partial charge in [0.25, 0.3) is 5.91 Å². The van der Waals surface area contributed by atoms with Crippen LogP contribution in [0.15, 0.2) is 72.9 Å². The van der Waals surface area contributed by atoms with Gasteiger partial charge in [-0.3, -0.25) is 9.69 Å². The summed E-state index contributed by atoms with van der Waals surface area (Å²) in [6.45, 7) is 4.22. The number of carbonyl (C=O) groups is 3. The number of carboxylic acids is 2. The lowest BCUT2D eigenvalue weighted by Crippen LogP contribution is -2.49. The molecule has 36 heavy (non-hydrogen) atoms. The zero-order valence-electron chi connectivity index (χ0n) is 19.6. The van der Waals surface area contributed by atoms with Gasteiger partial charge in [0.15, 0.2) is 6.61 Å². The molecule has 2 heterocycles. The molecule has 3 N–H and O–H groups in total. The van der Waals surface area contributed by atoms with Gasteiger partial charge in [-0.25, -0.2) is 9.59 Å². The number of nitrogens with one attached hydrogen (secondary N) is 1. The van der Waals surface area contributed by atoms with Crippen LogP contribution in [0.25, 0.3) is 21.7 Å². The zero-order valence-corrected chi connectivity index (χ0v) is 19.6. The van der Waals surface area contributed by atoms with Crippen LogP contribution >= 0.6 is 0 Å². The van der Waals surface area contributed by atoms with Crippen molar-refractivity contribution in [3.8, 4) is 5.75 Å². The maximum Gasteiger partial charge on any atom is 0.414 e. The number of hydrogen-bond donors (Lipinski definition) is 3. The molecule has 0 aliphatic carbocycles. The first-order valence-electron chi connectivity index (χ1n) is 11.5. The fourth-order valence-electron chi connectivity index (χ4n) is 4.15. The molecule has 0 saturated carbocycles. The third-order valence-electron chi connectivity index (χ3n) is 6.06. The second-order valence-electron chi connectivity index (χ2n) is 8.42. The van der Waals surface area contributed by atoms with Crippen molar-refractivity contribution in [3.63, 3.8) is 0 Å². The molecule has 1 amide bonds. The molecule has 9 heteroatoms. The Labute approximate surface area is 207 Å². The second kappa shape index (κ2) is 11.4. The summed E-state index contributed by atoms with van der Waals surface area (Å²) in [4.78, 5) is 38.5. The van der Waals surface area contributed by atoms with E-state index in [-0.39, 0.29) is 12.5 Å². The fourth-order valence-corrected chi connectivity index (χ4v) is 4.15. The van der Waals surface area contributed by atoms with E-state index >= 15 is 0 Å². The molecule has 1 fully saturated rings. The highest BCUT2D eigenvalue weighted by atomic mass is 16.5. The Morgan fingerprint density at radius 3 is 2.22 bits per heavy atom. The number of aromatic amines is 1. The summed E-state index contributed by atoms with van der Waals surface area (Å²) in [7, 11) is 0. The molecule has 5 rings (SSSR count). The van der Waals surface area contributed by atoms with Crippen molar-refractivity contribution in [2.45, 2.75) is 6.54 Å². The van der Waals surface area contributed by atoms with E-state index in [1.807, 2.05) is 41.3 Å². The van der Waals surface area contributed by atoms with E-state index in [0.717, 1.165) is 43.9 Å². The number of piperazine rings is 1. The Kier molecular flexibility index (Phi) is 7.82. The minimum absolute atomic E-state index is 0.0508. The molecule has 1 aliphatic rings. The Balaban J connectivity index is 0.000000455. The molecule has 0 atom stereocenters. The SMILES string of the molecule is O=C(COc1ccc2ccccc2c1)N1CCN(Cc2c[nH]c3ccccc23)CC1.O=C(O)C(=O)O. The maximum atomic E-state index is 12.6. The van der Waals surface area contributed by atoms with E-state index in [1.54, 1.807) is 0 Å². The predicted molar refractivity (Wildman–Crippen MR) is 135 cm³/mol. The number of aliphatic carboxylic acids is 2. The Hall–Kier alpha value is -4.37. The molecule has 1 saturated heterocycles. The van der Waals surface area contributed by atoms with Crippen LogP contribution in [0.5, 0.6) is 5.75 Å². The van der Waals surface area contributed by atoms with Gasteiger partial charge in [-0.05, 0) is 34.5 Å². The van der Waals surface area contributed by atoms with Gasteiger partial charge in [0.1, 0.15) is 5.75 Å². The molecular formula is C27H27N3O6. The lowest BCUT2D eigenvalue weighted by atomic mass is 10.1. The van der Waals surface area contributed by atoms with Crippen molar-refractivity contribution < 1.29 is 29.3 Å². The third-order valence-corrected chi connectivity index (χ3v) is 6.06. The highest BCUT2D eigenvalue weighted by Gasteiger charge is 2.22. The first-order valence-corrected chi connectivity index (χ1v) is 11.5. The number of ether oxygens (including phenoxy) is 1. The molecule has 0 spiro atoms. The number of para-hydroxylation sites is 1. The molecule has 1 aliphatic heterocycles. The smallest absolute Gasteiger partial charge is 0.414 e. The average Bonchev–Trinajstić information content (AvgIpc) is 3.30. The highest BCUT2D eigenvalue weighted by Crippen LogP contribution is 2.21. The Bertz CT molecular complexity index is 1360. The zero-order chi connectivity index (χ0) is 25.5. The number of amides is 1. The molecule has 1 aromatic heterocycles. The van der Waals surface area contributed by atoms with E-state index < -0.39 is 11.9 Å². The van der Waals surface area contributed by atoms with Crippen LogP contribution in [0.2, 0.25) is 0 Å². The largest absolute Gasteiger partial charge is 0.484 e. The summed E-state index contributed by atoms with van der Waals surface area (Å²) in [6.07, 6.45) is 2.10.